The van der Waals surface area contributed by atoms with Crippen LogP contribution < -0.4 is 5.32 Å². The molecule has 2 aromatic carbocycles. The molecule has 3 atom stereocenters. The quantitative estimate of drug-likeness (QED) is 0.427. The molecule has 0 spiro atoms. The van der Waals surface area contributed by atoms with Crippen molar-refractivity contribution in [3.63, 3.8) is 0 Å². The first-order valence-corrected chi connectivity index (χ1v) is 11.4. The molecule has 2 N–H and O–H groups in total. The molecule has 1 aliphatic heterocycles. The van der Waals surface area contributed by atoms with Crippen LogP contribution in [0, 0.1) is 5.92 Å². The maximum Gasteiger partial charge on any atom is 0.438 e. The van der Waals surface area contributed by atoms with Crippen LogP contribution in [0.1, 0.15) is 31.9 Å². The van der Waals surface area contributed by atoms with Gasteiger partial charge in [0.25, 0.3) is 11.6 Å². The highest BCUT2D eigenvalue weighted by Gasteiger charge is 2.63. The van der Waals surface area contributed by atoms with Gasteiger partial charge in [0.1, 0.15) is 6.04 Å². The van der Waals surface area contributed by atoms with Gasteiger partial charge in [0.05, 0.1) is 11.7 Å². The fourth-order valence-corrected chi connectivity index (χ4v) is 4.42. The van der Waals surface area contributed by atoms with Crippen molar-refractivity contribution in [3.05, 3.63) is 78.0 Å². The van der Waals surface area contributed by atoms with Crippen LogP contribution >= 0.6 is 0 Å². The number of aliphatic hydroxyl groups is 1. The van der Waals surface area contributed by atoms with Gasteiger partial charge in [-0.2, -0.15) is 13.2 Å². The molecule has 1 aliphatic rings. The van der Waals surface area contributed by atoms with E-state index in [4.69, 9.17) is 0 Å². The number of benzene rings is 2. The van der Waals surface area contributed by atoms with Crippen LogP contribution in [0.5, 0.6) is 0 Å². The number of rotatable bonds is 8. The summed E-state index contributed by atoms with van der Waals surface area (Å²) in [5.74, 6) is -2.40. The molecule has 3 rings (SSSR count). The Morgan fingerprint density at radius 3 is 2.11 bits per heavy atom. The number of nitrogens with zero attached hydrogens (tertiary/aromatic N) is 2. The molecule has 0 saturated carbocycles. The lowest BCUT2D eigenvalue weighted by atomic mass is 9.89. The topological polar surface area (TPSA) is 89.9 Å². The van der Waals surface area contributed by atoms with Crippen molar-refractivity contribution in [1.29, 1.82) is 0 Å². The van der Waals surface area contributed by atoms with Crippen LogP contribution in [0.4, 0.5) is 13.2 Å². The van der Waals surface area contributed by atoms with E-state index < -0.39 is 48.1 Å². The lowest BCUT2D eigenvalue weighted by Crippen LogP contribution is -2.72. The van der Waals surface area contributed by atoms with Gasteiger partial charge in [0.2, 0.25) is 12.3 Å². The van der Waals surface area contributed by atoms with Crippen LogP contribution in [0.25, 0.3) is 5.70 Å². The summed E-state index contributed by atoms with van der Waals surface area (Å²) in [5, 5.41) is 12.8. The second-order valence-corrected chi connectivity index (χ2v) is 8.98. The molecule has 3 amide bonds. The average Bonchev–Trinajstić information content (AvgIpc) is 2.82. The summed E-state index contributed by atoms with van der Waals surface area (Å²) in [6.07, 6.45) is -4.05. The maximum absolute atomic E-state index is 14.5. The summed E-state index contributed by atoms with van der Waals surface area (Å²) in [4.78, 5) is 39.7. The Kier molecular flexibility index (Phi) is 7.88. The Labute approximate surface area is 207 Å². The van der Waals surface area contributed by atoms with Crippen molar-refractivity contribution in [1.82, 2.24) is 15.1 Å². The number of hydrogen-bond donors (Lipinski definition) is 2. The van der Waals surface area contributed by atoms with Crippen molar-refractivity contribution < 1.29 is 32.7 Å². The van der Waals surface area contributed by atoms with Crippen LogP contribution in [-0.4, -0.2) is 57.1 Å². The first-order chi connectivity index (χ1) is 16.9. The van der Waals surface area contributed by atoms with E-state index in [9.17, 15) is 32.7 Å². The molecule has 192 valence electrons. The van der Waals surface area contributed by atoms with Gasteiger partial charge in [0, 0.05) is 13.1 Å². The first-order valence-electron chi connectivity index (χ1n) is 11.4. The van der Waals surface area contributed by atoms with E-state index in [-0.39, 0.29) is 5.70 Å². The van der Waals surface area contributed by atoms with Crippen LogP contribution in [-0.2, 0) is 20.8 Å². The van der Waals surface area contributed by atoms with E-state index in [1.54, 1.807) is 79.8 Å². The van der Waals surface area contributed by atoms with Gasteiger partial charge in [-0.25, -0.2) is 0 Å². The molecule has 0 radical (unpaired) electrons. The Hall–Kier alpha value is -3.66. The van der Waals surface area contributed by atoms with E-state index in [2.05, 4.69) is 0 Å². The number of hydrogen-bond acceptors (Lipinski definition) is 4. The number of carbonyl (C=O) groups is 3. The van der Waals surface area contributed by atoms with Crippen molar-refractivity contribution in [2.24, 2.45) is 5.92 Å². The smallest absolute Gasteiger partial charge is 0.362 e. The molecule has 0 aliphatic carbocycles. The SMILES string of the molecule is CC(=O)NC(O)(C(Cc1ccccc1)N1C(=O)C(C(C)C)N(C=O)C=C1c1ccccc1)C(F)(F)F. The van der Waals surface area contributed by atoms with Gasteiger partial charge in [-0.3, -0.25) is 19.3 Å². The lowest BCUT2D eigenvalue weighted by Gasteiger charge is -2.48. The number of carbonyl (C=O) groups excluding carboxylic acids is 3. The van der Waals surface area contributed by atoms with Gasteiger partial charge < -0.3 is 15.3 Å². The molecule has 2 aromatic rings. The third-order valence-corrected chi connectivity index (χ3v) is 6.03. The fourth-order valence-electron chi connectivity index (χ4n) is 4.42. The highest BCUT2D eigenvalue weighted by molar-refractivity contribution is 5.95. The average molecular weight is 504 g/mol. The second kappa shape index (κ2) is 10.5. The zero-order valence-corrected chi connectivity index (χ0v) is 20.1. The van der Waals surface area contributed by atoms with Gasteiger partial charge in [-0.15, -0.1) is 0 Å². The van der Waals surface area contributed by atoms with E-state index in [0.29, 0.717) is 17.5 Å². The second-order valence-electron chi connectivity index (χ2n) is 8.98. The standard InChI is InChI=1S/C26H28F3N3O4/c1-17(2)23-24(35)32(21(15-31(23)16-33)20-12-8-5-9-13-20)22(14-19-10-6-4-7-11-19)25(36,26(27,28)29)30-18(3)34/h4-13,15-17,22-23,36H,14H2,1-3H3,(H,30,34). The summed E-state index contributed by atoms with van der Waals surface area (Å²) < 4.78 is 43.6. The molecule has 0 aromatic heterocycles. The highest BCUT2D eigenvalue weighted by atomic mass is 19.4. The first kappa shape index (κ1) is 26.9. The Bertz CT molecular complexity index is 1120. The normalized spacial score (nSPS) is 18.9. The summed E-state index contributed by atoms with van der Waals surface area (Å²) >= 11 is 0. The minimum atomic E-state index is -5.35. The van der Waals surface area contributed by atoms with E-state index in [1.807, 2.05) is 0 Å². The Morgan fingerprint density at radius 2 is 1.64 bits per heavy atom. The Morgan fingerprint density at radius 1 is 1.08 bits per heavy atom. The molecular formula is C26H28F3N3O4. The molecule has 1 heterocycles. The van der Waals surface area contributed by atoms with Crippen LogP contribution in [0.3, 0.4) is 0 Å². The summed E-state index contributed by atoms with van der Waals surface area (Å²) in [6.45, 7) is 4.18. The van der Waals surface area contributed by atoms with Crippen LogP contribution in [0.15, 0.2) is 66.9 Å². The molecule has 0 fully saturated rings. The fraction of sp³-hybridized carbons (Fsp3) is 0.346. The number of alkyl halides is 3. The summed E-state index contributed by atoms with van der Waals surface area (Å²) in [6, 6.07) is 13.0. The van der Waals surface area contributed by atoms with Gasteiger partial charge in [0.15, 0.2) is 0 Å². The van der Waals surface area contributed by atoms with Crippen molar-refractivity contribution >= 4 is 23.9 Å². The predicted molar refractivity (Wildman–Crippen MR) is 127 cm³/mol. The predicted octanol–water partition coefficient (Wildman–Crippen LogP) is 3.31. The van der Waals surface area contributed by atoms with Crippen molar-refractivity contribution in [2.75, 3.05) is 0 Å². The third-order valence-electron chi connectivity index (χ3n) is 6.03. The molecule has 3 unspecified atom stereocenters. The number of halogens is 3. The van der Waals surface area contributed by atoms with E-state index >= 15 is 0 Å². The number of nitrogens with one attached hydrogen (secondary N) is 1. The third kappa shape index (κ3) is 5.28. The van der Waals surface area contributed by atoms with Crippen LogP contribution in [0.2, 0.25) is 0 Å². The molecule has 7 nitrogen and oxygen atoms in total. The summed E-state index contributed by atoms with van der Waals surface area (Å²) in [5.41, 5.74) is -3.07. The molecular weight excluding hydrogens is 475 g/mol. The van der Waals surface area contributed by atoms with E-state index in [1.165, 1.54) is 6.20 Å². The van der Waals surface area contributed by atoms with Gasteiger partial charge in [-0.05, 0) is 23.5 Å². The largest absolute Gasteiger partial charge is 0.438 e. The zero-order chi connectivity index (χ0) is 26.7. The van der Waals surface area contributed by atoms with Crippen molar-refractivity contribution in [3.8, 4) is 0 Å². The maximum atomic E-state index is 14.5. The lowest BCUT2D eigenvalue weighted by molar-refractivity contribution is -0.287. The molecule has 10 heteroatoms. The van der Waals surface area contributed by atoms with Gasteiger partial charge >= 0.3 is 6.18 Å². The minimum absolute atomic E-state index is 0.0152. The highest BCUT2D eigenvalue weighted by Crippen LogP contribution is 2.40. The summed E-state index contributed by atoms with van der Waals surface area (Å²) in [7, 11) is 0. The molecule has 0 bridgehead atoms. The monoisotopic (exact) mass is 503 g/mol. The van der Waals surface area contributed by atoms with Crippen molar-refractivity contribution in [2.45, 2.75) is 51.2 Å². The Balaban J connectivity index is 2.32. The molecule has 36 heavy (non-hydrogen) atoms. The number of amides is 3. The van der Waals surface area contributed by atoms with E-state index in [0.717, 1.165) is 16.7 Å². The minimum Gasteiger partial charge on any atom is -0.362 e. The molecule has 0 saturated heterocycles. The zero-order valence-electron chi connectivity index (χ0n) is 20.1. The van der Waals surface area contributed by atoms with Gasteiger partial charge in [-0.1, -0.05) is 74.5 Å².